The van der Waals surface area contributed by atoms with Crippen LogP contribution in [-0.2, 0) is 0 Å². The van der Waals surface area contributed by atoms with Gasteiger partial charge in [0.2, 0.25) is 5.78 Å². The average Bonchev–Trinajstić information content (AvgIpc) is 2.68. The maximum atomic E-state index is 13.5. The van der Waals surface area contributed by atoms with E-state index in [4.69, 9.17) is 16.0 Å². The molecule has 1 heterocycles. The van der Waals surface area contributed by atoms with Gasteiger partial charge >= 0.3 is 0 Å². The quantitative estimate of drug-likeness (QED) is 0.783. The summed E-state index contributed by atoms with van der Waals surface area (Å²) in [5.74, 6) is -1.21. The standard InChI is InChI=1S/C11H5BrClFO2/c12-9-5-4-8(16-9)11(15)6-2-1-3-7(13)10(6)14/h1-5H. The van der Waals surface area contributed by atoms with Crippen LogP contribution < -0.4 is 0 Å². The Balaban J connectivity index is 2.45. The second-order valence-electron chi connectivity index (χ2n) is 3.03. The van der Waals surface area contributed by atoms with Crippen molar-refractivity contribution in [3.8, 4) is 0 Å². The Morgan fingerprint density at radius 2 is 2.06 bits per heavy atom. The molecule has 0 radical (unpaired) electrons. The Labute approximate surface area is 104 Å². The van der Waals surface area contributed by atoms with Crippen molar-refractivity contribution in [2.45, 2.75) is 0 Å². The van der Waals surface area contributed by atoms with Crippen LogP contribution in [0.4, 0.5) is 4.39 Å². The predicted octanol–water partition coefficient (Wildman–Crippen LogP) is 4.07. The molecule has 1 aromatic heterocycles. The second kappa shape index (κ2) is 4.39. The van der Waals surface area contributed by atoms with Gasteiger partial charge in [-0.2, -0.15) is 0 Å². The summed E-state index contributed by atoms with van der Waals surface area (Å²) in [6.45, 7) is 0. The predicted molar refractivity (Wildman–Crippen MR) is 61.3 cm³/mol. The highest BCUT2D eigenvalue weighted by molar-refractivity contribution is 9.10. The minimum atomic E-state index is -0.735. The normalized spacial score (nSPS) is 10.4. The lowest BCUT2D eigenvalue weighted by Crippen LogP contribution is -2.03. The van der Waals surface area contributed by atoms with Crippen LogP contribution in [0.1, 0.15) is 16.1 Å². The zero-order valence-electron chi connectivity index (χ0n) is 7.84. The highest BCUT2D eigenvalue weighted by Gasteiger charge is 2.18. The SMILES string of the molecule is O=C(c1ccc(Br)o1)c1cccc(Cl)c1F. The summed E-state index contributed by atoms with van der Waals surface area (Å²) in [5, 5.41) is -0.0866. The fourth-order valence-electron chi connectivity index (χ4n) is 1.25. The Hall–Kier alpha value is -1.13. The third-order valence-electron chi connectivity index (χ3n) is 1.99. The molecule has 2 nitrogen and oxygen atoms in total. The average molecular weight is 304 g/mol. The van der Waals surface area contributed by atoms with Crippen molar-refractivity contribution in [1.29, 1.82) is 0 Å². The topological polar surface area (TPSA) is 30.2 Å². The highest BCUT2D eigenvalue weighted by Crippen LogP contribution is 2.22. The highest BCUT2D eigenvalue weighted by atomic mass is 79.9. The molecule has 2 aromatic rings. The Kier molecular flexibility index (Phi) is 3.12. The first-order valence-corrected chi connectivity index (χ1v) is 5.50. The number of benzene rings is 1. The fourth-order valence-corrected chi connectivity index (χ4v) is 1.73. The lowest BCUT2D eigenvalue weighted by molar-refractivity contribution is 0.100. The van der Waals surface area contributed by atoms with E-state index in [1.54, 1.807) is 6.07 Å². The van der Waals surface area contributed by atoms with Gasteiger partial charge in [-0.1, -0.05) is 17.7 Å². The van der Waals surface area contributed by atoms with Gasteiger partial charge in [0, 0.05) is 0 Å². The number of ketones is 1. The van der Waals surface area contributed by atoms with Gasteiger partial charge in [-0.15, -0.1) is 0 Å². The van der Waals surface area contributed by atoms with E-state index in [9.17, 15) is 9.18 Å². The van der Waals surface area contributed by atoms with E-state index in [-0.39, 0.29) is 16.3 Å². The molecule has 0 spiro atoms. The Morgan fingerprint density at radius 3 is 2.69 bits per heavy atom. The minimum Gasteiger partial charge on any atom is -0.446 e. The molecule has 0 fully saturated rings. The van der Waals surface area contributed by atoms with Crippen LogP contribution >= 0.6 is 27.5 Å². The van der Waals surface area contributed by atoms with Crippen LogP contribution in [0.3, 0.4) is 0 Å². The summed E-state index contributed by atoms with van der Waals surface area (Å²) >= 11 is 8.65. The number of hydrogen-bond donors (Lipinski definition) is 0. The van der Waals surface area contributed by atoms with E-state index in [0.29, 0.717) is 4.67 Å². The fraction of sp³-hybridized carbons (Fsp3) is 0. The van der Waals surface area contributed by atoms with Crippen molar-refractivity contribution in [3.05, 3.63) is 57.2 Å². The molecule has 0 N–H and O–H groups in total. The number of halogens is 3. The second-order valence-corrected chi connectivity index (χ2v) is 4.22. The summed E-state index contributed by atoms with van der Waals surface area (Å²) in [6.07, 6.45) is 0. The molecule has 0 amide bonds. The van der Waals surface area contributed by atoms with Crippen LogP contribution in [0.25, 0.3) is 0 Å². The molecular weight excluding hydrogens is 298 g/mol. The third-order valence-corrected chi connectivity index (χ3v) is 2.71. The molecule has 0 atom stereocenters. The van der Waals surface area contributed by atoms with Gasteiger partial charge in [-0.3, -0.25) is 4.79 Å². The molecule has 0 saturated carbocycles. The molecule has 0 aliphatic heterocycles. The van der Waals surface area contributed by atoms with Gasteiger partial charge in [0.1, 0.15) is 0 Å². The maximum Gasteiger partial charge on any atom is 0.231 e. The van der Waals surface area contributed by atoms with E-state index < -0.39 is 11.6 Å². The molecule has 1 aromatic carbocycles. The van der Waals surface area contributed by atoms with Gasteiger partial charge in [-0.25, -0.2) is 4.39 Å². The number of carbonyl (C=O) groups excluding carboxylic acids is 1. The lowest BCUT2D eigenvalue weighted by atomic mass is 10.1. The third kappa shape index (κ3) is 2.03. The summed E-state index contributed by atoms with van der Waals surface area (Å²) in [5.41, 5.74) is -0.102. The van der Waals surface area contributed by atoms with E-state index in [2.05, 4.69) is 15.9 Å². The van der Waals surface area contributed by atoms with Gasteiger partial charge in [0.25, 0.3) is 0 Å². The first kappa shape index (κ1) is 11.4. The van der Waals surface area contributed by atoms with Crippen LogP contribution in [0.5, 0.6) is 0 Å². The summed E-state index contributed by atoms with van der Waals surface area (Å²) in [7, 11) is 0. The molecule has 5 heteroatoms. The Bertz CT molecular complexity index is 551. The molecule has 0 aliphatic rings. The van der Waals surface area contributed by atoms with Gasteiger partial charge in [0.15, 0.2) is 16.2 Å². The summed E-state index contributed by atoms with van der Waals surface area (Å²) < 4.78 is 19.0. The van der Waals surface area contributed by atoms with E-state index in [1.807, 2.05) is 0 Å². The molecular formula is C11H5BrClFO2. The molecule has 0 bridgehead atoms. The van der Waals surface area contributed by atoms with Gasteiger partial charge in [-0.05, 0) is 40.2 Å². The Morgan fingerprint density at radius 1 is 1.31 bits per heavy atom. The molecule has 16 heavy (non-hydrogen) atoms. The van der Waals surface area contributed by atoms with Crippen LogP contribution in [0.2, 0.25) is 5.02 Å². The van der Waals surface area contributed by atoms with Crippen LogP contribution in [0.15, 0.2) is 39.4 Å². The van der Waals surface area contributed by atoms with Crippen LogP contribution in [0, 0.1) is 5.82 Å². The zero-order valence-corrected chi connectivity index (χ0v) is 10.2. The minimum absolute atomic E-state index is 0.0630. The van der Waals surface area contributed by atoms with Crippen molar-refractivity contribution < 1.29 is 13.6 Å². The molecule has 2 rings (SSSR count). The number of hydrogen-bond acceptors (Lipinski definition) is 2. The molecule has 0 saturated heterocycles. The van der Waals surface area contributed by atoms with Gasteiger partial charge < -0.3 is 4.42 Å². The van der Waals surface area contributed by atoms with E-state index in [1.165, 1.54) is 24.3 Å². The van der Waals surface area contributed by atoms with E-state index in [0.717, 1.165) is 0 Å². The van der Waals surface area contributed by atoms with Crippen LogP contribution in [-0.4, -0.2) is 5.78 Å². The molecule has 82 valence electrons. The molecule has 0 aliphatic carbocycles. The lowest BCUT2D eigenvalue weighted by Gasteiger charge is -2.00. The smallest absolute Gasteiger partial charge is 0.231 e. The summed E-state index contributed by atoms with van der Waals surface area (Å²) in [6, 6.07) is 7.28. The first-order chi connectivity index (χ1) is 7.59. The number of rotatable bonds is 2. The van der Waals surface area contributed by atoms with Crippen molar-refractivity contribution in [2.75, 3.05) is 0 Å². The number of carbonyl (C=O) groups is 1. The van der Waals surface area contributed by atoms with Crippen molar-refractivity contribution in [1.82, 2.24) is 0 Å². The van der Waals surface area contributed by atoms with Gasteiger partial charge in [0.05, 0.1) is 10.6 Å². The largest absolute Gasteiger partial charge is 0.446 e. The maximum absolute atomic E-state index is 13.5. The zero-order chi connectivity index (χ0) is 11.7. The molecule has 0 unspecified atom stereocenters. The number of furan rings is 1. The monoisotopic (exact) mass is 302 g/mol. The first-order valence-electron chi connectivity index (χ1n) is 4.33. The van der Waals surface area contributed by atoms with Crippen molar-refractivity contribution in [3.63, 3.8) is 0 Å². The summed E-state index contributed by atoms with van der Waals surface area (Å²) in [4.78, 5) is 11.8. The van der Waals surface area contributed by atoms with E-state index >= 15 is 0 Å². The van der Waals surface area contributed by atoms with Crippen molar-refractivity contribution >= 4 is 33.3 Å². The van der Waals surface area contributed by atoms with Crippen molar-refractivity contribution in [2.24, 2.45) is 0 Å².